The normalized spacial score (nSPS) is 11.8. The Balaban J connectivity index is 0. The average Bonchev–Trinajstić information content (AvgIpc) is 1.82. The summed E-state index contributed by atoms with van der Waals surface area (Å²) in [6, 6.07) is -0.683. The highest BCUT2D eigenvalue weighted by molar-refractivity contribution is 7.98. The second kappa shape index (κ2) is 6.89. The van der Waals surface area contributed by atoms with E-state index < -0.39 is 12.0 Å². The Morgan fingerprint density at radius 1 is 1.80 bits per heavy atom. The third kappa shape index (κ3) is 5.91. The number of carboxylic acids is 1. The Morgan fingerprint density at radius 3 is 2.60 bits per heavy atom. The van der Waals surface area contributed by atoms with Crippen molar-refractivity contribution in [1.82, 2.24) is 0 Å². The van der Waals surface area contributed by atoms with Crippen molar-refractivity contribution in [2.45, 2.75) is 19.9 Å². The second-order valence-electron chi connectivity index (χ2n) is 1.73. The lowest BCUT2D eigenvalue weighted by atomic mass is 10.2. The predicted molar refractivity (Wildman–Crippen MR) is 45.3 cm³/mol. The van der Waals surface area contributed by atoms with Crippen molar-refractivity contribution in [1.29, 1.82) is 0 Å². The van der Waals surface area contributed by atoms with Gasteiger partial charge in [-0.1, -0.05) is 7.43 Å². The zero-order valence-corrected chi connectivity index (χ0v) is 6.15. The van der Waals surface area contributed by atoms with Gasteiger partial charge in [0.25, 0.3) is 0 Å². The number of hydrogen-bond acceptors (Lipinski definition) is 3. The molecule has 3 nitrogen and oxygen atoms in total. The molecule has 1 unspecified atom stereocenters. The van der Waals surface area contributed by atoms with Gasteiger partial charge in [-0.25, -0.2) is 0 Å². The van der Waals surface area contributed by atoms with Gasteiger partial charge in [0.1, 0.15) is 6.04 Å². The van der Waals surface area contributed by atoms with Crippen molar-refractivity contribution in [3.8, 4) is 0 Å². The summed E-state index contributed by atoms with van der Waals surface area (Å²) < 4.78 is 0. The number of thioether (sulfide) groups is 1. The van der Waals surface area contributed by atoms with E-state index in [2.05, 4.69) is 0 Å². The molecular formula is C6H15NO2S. The Bertz CT molecular complexity index is 97.7. The van der Waals surface area contributed by atoms with Crippen molar-refractivity contribution >= 4 is 17.7 Å². The van der Waals surface area contributed by atoms with E-state index >= 15 is 0 Å². The predicted octanol–water partition coefficient (Wildman–Crippen LogP) is 0.788. The van der Waals surface area contributed by atoms with Crippen molar-refractivity contribution in [2.24, 2.45) is 5.73 Å². The molecule has 0 spiro atoms. The molecule has 0 bridgehead atoms. The summed E-state index contributed by atoms with van der Waals surface area (Å²) in [5.74, 6) is -0.1000. The monoisotopic (exact) mass is 165 g/mol. The average molecular weight is 165 g/mol. The minimum Gasteiger partial charge on any atom is -0.480 e. The number of rotatable bonds is 4. The summed E-state index contributed by atoms with van der Waals surface area (Å²) in [7, 11) is 0. The van der Waals surface area contributed by atoms with Crippen LogP contribution in [0.3, 0.4) is 0 Å². The highest BCUT2D eigenvalue weighted by Gasteiger charge is 2.08. The number of nitrogens with two attached hydrogens (primary N) is 1. The lowest BCUT2D eigenvalue weighted by Crippen LogP contribution is -2.30. The first-order valence-corrected chi connectivity index (χ1v) is 4.05. The Kier molecular flexibility index (Phi) is 8.59. The molecule has 0 saturated heterocycles. The van der Waals surface area contributed by atoms with Crippen LogP contribution in [0.25, 0.3) is 0 Å². The van der Waals surface area contributed by atoms with Gasteiger partial charge < -0.3 is 10.8 Å². The van der Waals surface area contributed by atoms with E-state index in [9.17, 15) is 4.79 Å². The maximum Gasteiger partial charge on any atom is 0.320 e. The van der Waals surface area contributed by atoms with Crippen LogP contribution in [0.2, 0.25) is 0 Å². The quantitative estimate of drug-likeness (QED) is 0.646. The molecule has 10 heavy (non-hydrogen) atoms. The topological polar surface area (TPSA) is 63.3 Å². The molecule has 0 amide bonds. The van der Waals surface area contributed by atoms with Crippen molar-refractivity contribution in [2.75, 3.05) is 12.0 Å². The maximum atomic E-state index is 10.1. The first-order valence-electron chi connectivity index (χ1n) is 2.65. The van der Waals surface area contributed by atoms with E-state index in [1.54, 1.807) is 11.8 Å². The number of aliphatic carboxylic acids is 1. The molecule has 0 aliphatic carbocycles. The summed E-state index contributed by atoms with van der Waals surface area (Å²) >= 11 is 1.60. The fourth-order valence-electron chi connectivity index (χ4n) is 0.368. The standard InChI is InChI=1S/C5H11NO2S.CH4/c1-9-3-2-4(6)5(7)8;/h4H,2-3,6H2,1H3,(H,7,8);1H4. The summed E-state index contributed by atoms with van der Waals surface area (Å²) in [6.07, 6.45) is 2.48. The first kappa shape index (κ1) is 12.5. The van der Waals surface area contributed by atoms with Crippen LogP contribution >= 0.6 is 11.8 Å². The van der Waals surface area contributed by atoms with E-state index in [0.717, 1.165) is 5.75 Å². The Morgan fingerprint density at radius 2 is 2.30 bits per heavy atom. The highest BCUT2D eigenvalue weighted by atomic mass is 32.2. The van der Waals surface area contributed by atoms with Gasteiger partial charge in [-0.05, 0) is 18.4 Å². The van der Waals surface area contributed by atoms with Gasteiger partial charge in [-0.2, -0.15) is 11.8 Å². The Labute approximate surface area is 66.0 Å². The lowest BCUT2D eigenvalue weighted by molar-refractivity contribution is -0.138. The molecule has 1 atom stereocenters. The van der Waals surface area contributed by atoms with Crippen LogP contribution < -0.4 is 5.73 Å². The SMILES string of the molecule is C.CSCCC(N)C(=O)O. The molecule has 0 aliphatic heterocycles. The number of hydrogen-bond donors (Lipinski definition) is 2. The molecule has 0 fully saturated rings. The summed E-state index contributed by atoms with van der Waals surface area (Å²) in [5, 5.41) is 8.27. The van der Waals surface area contributed by atoms with Gasteiger partial charge in [0.2, 0.25) is 0 Å². The molecule has 0 heterocycles. The Hall–Kier alpha value is -0.220. The van der Waals surface area contributed by atoms with Crippen molar-refractivity contribution < 1.29 is 9.90 Å². The molecule has 0 aliphatic rings. The van der Waals surface area contributed by atoms with Gasteiger partial charge in [0.05, 0.1) is 0 Å². The largest absolute Gasteiger partial charge is 0.480 e. The van der Waals surface area contributed by atoms with Gasteiger partial charge in [0, 0.05) is 0 Å². The molecule has 4 heteroatoms. The zero-order valence-electron chi connectivity index (χ0n) is 5.33. The molecule has 0 aromatic rings. The lowest BCUT2D eigenvalue weighted by Gasteiger charge is -2.02. The van der Waals surface area contributed by atoms with Crippen molar-refractivity contribution in [3.05, 3.63) is 0 Å². The smallest absolute Gasteiger partial charge is 0.320 e. The number of carboxylic acid groups (broad SMARTS) is 1. The maximum absolute atomic E-state index is 10.1. The van der Waals surface area contributed by atoms with Crippen LogP contribution in [0.15, 0.2) is 0 Å². The van der Waals surface area contributed by atoms with E-state index in [1.807, 2.05) is 6.26 Å². The molecular weight excluding hydrogens is 150 g/mol. The van der Waals surface area contributed by atoms with Gasteiger partial charge in [-0.3, -0.25) is 4.79 Å². The molecule has 62 valence electrons. The van der Waals surface area contributed by atoms with Crippen LogP contribution in [0.5, 0.6) is 0 Å². The molecule has 0 aromatic carbocycles. The number of carbonyl (C=O) groups is 1. The van der Waals surface area contributed by atoms with Crippen molar-refractivity contribution in [3.63, 3.8) is 0 Å². The summed E-state index contributed by atoms with van der Waals surface area (Å²) in [6.45, 7) is 0. The van der Waals surface area contributed by atoms with E-state index in [1.165, 1.54) is 0 Å². The summed E-state index contributed by atoms with van der Waals surface area (Å²) in [5.41, 5.74) is 5.19. The minimum absolute atomic E-state index is 0. The second-order valence-corrected chi connectivity index (χ2v) is 2.71. The van der Waals surface area contributed by atoms with Crippen LogP contribution in [0, 0.1) is 0 Å². The van der Waals surface area contributed by atoms with Crippen LogP contribution in [0.1, 0.15) is 13.8 Å². The van der Waals surface area contributed by atoms with E-state index in [4.69, 9.17) is 10.8 Å². The van der Waals surface area contributed by atoms with Crippen LogP contribution in [0.4, 0.5) is 0 Å². The van der Waals surface area contributed by atoms with Gasteiger partial charge >= 0.3 is 5.97 Å². The molecule has 0 radical (unpaired) electrons. The fourth-order valence-corrected chi connectivity index (χ4v) is 0.858. The summed E-state index contributed by atoms with van der Waals surface area (Å²) in [4.78, 5) is 10.1. The van der Waals surface area contributed by atoms with Gasteiger partial charge in [0.15, 0.2) is 0 Å². The highest BCUT2D eigenvalue weighted by Crippen LogP contribution is 1.97. The molecule has 3 N–H and O–H groups in total. The fraction of sp³-hybridized carbons (Fsp3) is 0.833. The van der Waals surface area contributed by atoms with Crippen LogP contribution in [-0.2, 0) is 4.79 Å². The third-order valence-corrected chi connectivity index (χ3v) is 1.59. The molecule has 0 saturated carbocycles. The third-order valence-electron chi connectivity index (χ3n) is 0.950. The van der Waals surface area contributed by atoms with E-state index in [-0.39, 0.29) is 7.43 Å². The first-order chi connectivity index (χ1) is 4.18. The van der Waals surface area contributed by atoms with E-state index in [0.29, 0.717) is 6.42 Å². The zero-order chi connectivity index (χ0) is 7.28. The molecule has 0 aromatic heterocycles. The minimum atomic E-state index is -0.913. The molecule has 0 rings (SSSR count). The van der Waals surface area contributed by atoms with Crippen LogP contribution in [-0.4, -0.2) is 29.1 Å². The van der Waals surface area contributed by atoms with Gasteiger partial charge in [-0.15, -0.1) is 0 Å².